The van der Waals surface area contributed by atoms with Crippen molar-refractivity contribution in [1.82, 2.24) is 15.5 Å². The Morgan fingerprint density at radius 2 is 1.97 bits per heavy atom. The fraction of sp³-hybridized carbons (Fsp3) is 0.650. The summed E-state index contributed by atoms with van der Waals surface area (Å²) in [5.74, 6) is 0.189. The van der Waals surface area contributed by atoms with Crippen LogP contribution in [0.2, 0.25) is 0 Å². The Morgan fingerprint density at radius 3 is 2.53 bits per heavy atom. The second-order valence-corrected chi connectivity index (χ2v) is 7.64. The molecule has 0 radical (unpaired) electrons. The first-order valence-corrected chi connectivity index (χ1v) is 9.93. The van der Waals surface area contributed by atoms with Gasteiger partial charge >= 0.3 is 11.6 Å². The van der Waals surface area contributed by atoms with Crippen molar-refractivity contribution in [2.75, 3.05) is 39.8 Å². The molecule has 1 aromatic rings. The van der Waals surface area contributed by atoms with Crippen molar-refractivity contribution in [2.24, 2.45) is 0 Å². The number of ether oxygens (including phenoxy) is 1. The number of carbonyl (C=O) groups excluding carboxylic acids is 2. The van der Waals surface area contributed by atoms with E-state index in [4.69, 9.17) is 4.42 Å². The number of esters is 1. The summed E-state index contributed by atoms with van der Waals surface area (Å²) >= 11 is 0. The second kappa shape index (κ2) is 12.3. The van der Waals surface area contributed by atoms with Crippen LogP contribution in [0.5, 0.6) is 0 Å². The van der Waals surface area contributed by atoms with E-state index in [2.05, 4.69) is 15.4 Å². The standard InChI is InChI=1S/C20H29N3O5.2ClH/c1-13-10-16(14-4-3-7-21-11-14)28-20(26)18(13)19(25)22-15-5-8-23(9-6-15)12-17(24)27-2;;/h10,14-15,21H,3-9,11-12H2,1-2H3,(H,22,25);2*1H. The predicted octanol–water partition coefficient (Wildman–Crippen LogP) is 1.63. The van der Waals surface area contributed by atoms with Gasteiger partial charge < -0.3 is 19.8 Å². The highest BCUT2D eigenvalue weighted by Crippen LogP contribution is 2.23. The summed E-state index contributed by atoms with van der Waals surface area (Å²) in [4.78, 5) is 38.5. The van der Waals surface area contributed by atoms with Gasteiger partial charge in [0.2, 0.25) is 0 Å². The third-order valence-corrected chi connectivity index (χ3v) is 5.60. The Hall–Kier alpha value is -1.61. The van der Waals surface area contributed by atoms with Crippen LogP contribution in [0.4, 0.5) is 0 Å². The molecule has 0 aromatic carbocycles. The molecule has 2 aliphatic heterocycles. The molecule has 170 valence electrons. The third-order valence-electron chi connectivity index (χ3n) is 5.60. The number of carbonyl (C=O) groups is 2. The van der Waals surface area contributed by atoms with Crippen LogP contribution in [0.3, 0.4) is 0 Å². The summed E-state index contributed by atoms with van der Waals surface area (Å²) in [6, 6.07) is 1.80. The van der Waals surface area contributed by atoms with Crippen molar-refractivity contribution < 1.29 is 18.7 Å². The Labute approximate surface area is 188 Å². The van der Waals surface area contributed by atoms with Gasteiger partial charge in [-0.1, -0.05) is 0 Å². The monoisotopic (exact) mass is 463 g/mol. The fourth-order valence-corrected chi connectivity index (χ4v) is 3.94. The van der Waals surface area contributed by atoms with Crippen LogP contribution >= 0.6 is 24.8 Å². The summed E-state index contributed by atoms with van der Waals surface area (Å²) in [6.07, 6.45) is 3.47. The van der Waals surface area contributed by atoms with Crippen LogP contribution < -0.4 is 16.3 Å². The molecule has 2 aliphatic rings. The van der Waals surface area contributed by atoms with E-state index in [1.165, 1.54) is 7.11 Å². The lowest BCUT2D eigenvalue weighted by Gasteiger charge is -2.31. The lowest BCUT2D eigenvalue weighted by Crippen LogP contribution is -2.46. The number of nitrogens with one attached hydrogen (secondary N) is 2. The van der Waals surface area contributed by atoms with Gasteiger partial charge in [-0.3, -0.25) is 14.5 Å². The van der Waals surface area contributed by atoms with Gasteiger partial charge in [-0.15, -0.1) is 24.8 Å². The Bertz CT molecular complexity index is 772. The molecule has 2 N–H and O–H groups in total. The van der Waals surface area contributed by atoms with Crippen molar-refractivity contribution in [3.63, 3.8) is 0 Å². The second-order valence-electron chi connectivity index (χ2n) is 7.64. The molecule has 2 fully saturated rings. The molecule has 8 nitrogen and oxygen atoms in total. The van der Waals surface area contributed by atoms with Crippen molar-refractivity contribution >= 4 is 36.7 Å². The highest BCUT2D eigenvalue weighted by molar-refractivity contribution is 5.95. The van der Waals surface area contributed by atoms with Crippen LogP contribution in [0.15, 0.2) is 15.3 Å². The fourth-order valence-electron chi connectivity index (χ4n) is 3.94. The molecule has 2 saturated heterocycles. The summed E-state index contributed by atoms with van der Waals surface area (Å²) in [6.45, 7) is 5.21. The van der Waals surface area contributed by atoms with E-state index in [0.717, 1.165) is 38.8 Å². The van der Waals surface area contributed by atoms with Gasteiger partial charge in [0, 0.05) is 31.6 Å². The number of aryl methyl sites for hydroxylation is 1. The summed E-state index contributed by atoms with van der Waals surface area (Å²) in [7, 11) is 1.37. The number of methoxy groups -OCH3 is 1. The minimum Gasteiger partial charge on any atom is -0.468 e. The number of halogens is 2. The first-order chi connectivity index (χ1) is 13.5. The predicted molar refractivity (Wildman–Crippen MR) is 118 cm³/mol. The van der Waals surface area contributed by atoms with Crippen molar-refractivity contribution in [3.8, 4) is 0 Å². The number of nitrogens with zero attached hydrogens (tertiary/aromatic N) is 1. The summed E-state index contributed by atoms with van der Waals surface area (Å²) in [5, 5.41) is 6.26. The van der Waals surface area contributed by atoms with Gasteiger partial charge in [-0.25, -0.2) is 4.79 Å². The Kier molecular flexibility index (Phi) is 10.8. The zero-order valence-corrected chi connectivity index (χ0v) is 19.0. The first-order valence-electron chi connectivity index (χ1n) is 9.93. The van der Waals surface area contributed by atoms with Crippen LogP contribution in [0.25, 0.3) is 0 Å². The van der Waals surface area contributed by atoms with E-state index in [9.17, 15) is 14.4 Å². The molecule has 0 aliphatic carbocycles. The van der Waals surface area contributed by atoms with Crippen LogP contribution in [0, 0.1) is 6.92 Å². The molecular formula is C20H31Cl2N3O5. The van der Waals surface area contributed by atoms with E-state index < -0.39 is 5.63 Å². The number of likely N-dealkylation sites (tertiary alicyclic amines) is 1. The number of hydrogen-bond donors (Lipinski definition) is 2. The molecule has 3 heterocycles. The lowest BCUT2D eigenvalue weighted by molar-refractivity contribution is -0.142. The normalized spacial score (nSPS) is 19.9. The van der Waals surface area contributed by atoms with Crippen molar-refractivity contribution in [3.05, 3.63) is 33.4 Å². The molecule has 0 bridgehead atoms. The number of piperidine rings is 2. The summed E-state index contributed by atoms with van der Waals surface area (Å²) < 4.78 is 10.2. The van der Waals surface area contributed by atoms with E-state index >= 15 is 0 Å². The van der Waals surface area contributed by atoms with Gasteiger partial charge in [0.05, 0.1) is 13.7 Å². The molecule has 1 aromatic heterocycles. The van der Waals surface area contributed by atoms with Gasteiger partial charge in [0.25, 0.3) is 5.91 Å². The number of amides is 1. The van der Waals surface area contributed by atoms with Crippen LogP contribution in [0.1, 0.15) is 53.3 Å². The van der Waals surface area contributed by atoms with Gasteiger partial charge in [0.15, 0.2) is 0 Å². The van der Waals surface area contributed by atoms with E-state index in [-0.39, 0.29) is 60.8 Å². The van der Waals surface area contributed by atoms with Gasteiger partial charge in [-0.05, 0) is 50.8 Å². The Balaban J connectivity index is 0.00000225. The molecule has 1 amide bonds. The van der Waals surface area contributed by atoms with Crippen molar-refractivity contribution in [2.45, 2.75) is 44.6 Å². The molecular weight excluding hydrogens is 433 g/mol. The smallest absolute Gasteiger partial charge is 0.349 e. The first kappa shape index (κ1) is 26.4. The van der Waals surface area contributed by atoms with Crippen LogP contribution in [-0.4, -0.2) is 62.7 Å². The maximum atomic E-state index is 12.7. The highest BCUT2D eigenvalue weighted by Gasteiger charge is 2.26. The summed E-state index contributed by atoms with van der Waals surface area (Å²) in [5.41, 5.74) is 0.170. The largest absolute Gasteiger partial charge is 0.468 e. The highest BCUT2D eigenvalue weighted by atomic mass is 35.5. The molecule has 1 atom stereocenters. The number of hydrogen-bond acceptors (Lipinski definition) is 7. The van der Waals surface area contributed by atoms with Crippen LogP contribution in [-0.2, 0) is 9.53 Å². The van der Waals surface area contributed by atoms with Gasteiger partial charge in [-0.2, -0.15) is 0 Å². The SMILES string of the molecule is COC(=O)CN1CCC(NC(=O)c2c(C)cc(C3CCCNC3)oc2=O)CC1.Cl.Cl. The maximum absolute atomic E-state index is 12.7. The van der Waals surface area contributed by atoms with Crippen molar-refractivity contribution in [1.29, 1.82) is 0 Å². The van der Waals surface area contributed by atoms with Gasteiger partial charge in [0.1, 0.15) is 11.3 Å². The topological polar surface area (TPSA) is 101 Å². The van der Waals surface area contributed by atoms with E-state index in [0.29, 0.717) is 24.4 Å². The maximum Gasteiger partial charge on any atom is 0.349 e. The minimum atomic E-state index is -0.568. The lowest BCUT2D eigenvalue weighted by atomic mass is 9.95. The Morgan fingerprint density at radius 1 is 1.27 bits per heavy atom. The molecule has 0 spiro atoms. The number of rotatable bonds is 5. The quantitative estimate of drug-likeness (QED) is 0.639. The molecule has 30 heavy (non-hydrogen) atoms. The average Bonchev–Trinajstić information content (AvgIpc) is 2.69. The van der Waals surface area contributed by atoms with E-state index in [1.807, 2.05) is 11.0 Å². The molecule has 1 unspecified atom stereocenters. The zero-order valence-electron chi connectivity index (χ0n) is 17.4. The molecule has 10 heteroatoms. The third kappa shape index (κ3) is 6.70. The minimum absolute atomic E-state index is 0. The zero-order chi connectivity index (χ0) is 20.1. The average molecular weight is 464 g/mol. The molecule has 0 saturated carbocycles. The molecule has 3 rings (SSSR count). The van der Waals surface area contributed by atoms with E-state index in [1.54, 1.807) is 6.92 Å².